The van der Waals surface area contributed by atoms with Gasteiger partial charge in [0.1, 0.15) is 0 Å². The van der Waals surface area contributed by atoms with Crippen LogP contribution in [0.2, 0.25) is 5.02 Å². The molecule has 108 valence electrons. The molecule has 0 saturated carbocycles. The summed E-state index contributed by atoms with van der Waals surface area (Å²) in [5, 5.41) is 8.64. The zero-order chi connectivity index (χ0) is 14.7. The summed E-state index contributed by atoms with van der Waals surface area (Å²) in [6, 6.07) is 6.26. The minimum Gasteiger partial charge on any atom is -0.313 e. The van der Waals surface area contributed by atoms with E-state index in [4.69, 9.17) is 11.6 Å². The summed E-state index contributed by atoms with van der Waals surface area (Å²) >= 11 is 6.46. The molecule has 0 saturated heterocycles. The van der Waals surface area contributed by atoms with Gasteiger partial charge in [0.2, 0.25) is 0 Å². The van der Waals surface area contributed by atoms with Crippen LogP contribution in [0.25, 0.3) is 11.1 Å². The predicted octanol–water partition coefficient (Wildman–Crippen LogP) is 3.97. The highest BCUT2D eigenvalue weighted by Crippen LogP contribution is 2.33. The van der Waals surface area contributed by atoms with E-state index in [0.717, 1.165) is 34.9 Å². The fourth-order valence-corrected chi connectivity index (χ4v) is 2.60. The molecule has 20 heavy (non-hydrogen) atoms. The Bertz CT molecular complexity index is 587. The third-order valence-electron chi connectivity index (χ3n) is 3.31. The average molecular weight is 292 g/mol. The maximum atomic E-state index is 6.46. The lowest BCUT2D eigenvalue weighted by Gasteiger charge is -2.09. The Hall–Kier alpha value is -1.32. The third-order valence-corrected chi connectivity index (χ3v) is 3.62. The maximum absolute atomic E-state index is 6.46. The summed E-state index contributed by atoms with van der Waals surface area (Å²) in [5.41, 5.74) is 4.48. The van der Waals surface area contributed by atoms with Crippen molar-refractivity contribution in [2.24, 2.45) is 7.05 Å². The first-order valence-electron chi connectivity index (χ1n) is 7.06. The molecule has 2 aromatic rings. The molecule has 0 atom stereocenters. The van der Waals surface area contributed by atoms with Crippen molar-refractivity contribution >= 4 is 11.6 Å². The zero-order valence-corrected chi connectivity index (χ0v) is 13.3. The Morgan fingerprint density at radius 1 is 1.30 bits per heavy atom. The van der Waals surface area contributed by atoms with Crippen molar-refractivity contribution in [3.05, 3.63) is 40.7 Å². The standard InChI is InChI=1S/C16H22ClN3/c1-5-18-9-12-6-7-13(15(17)8-12)14-10-20(4)19-16(14)11(2)3/h6-8,10-11,18H,5,9H2,1-4H3. The van der Waals surface area contributed by atoms with Crippen LogP contribution < -0.4 is 5.32 Å². The molecule has 1 aromatic carbocycles. The van der Waals surface area contributed by atoms with Crippen LogP contribution in [0.15, 0.2) is 24.4 Å². The van der Waals surface area contributed by atoms with Crippen LogP contribution in [0.5, 0.6) is 0 Å². The smallest absolute Gasteiger partial charge is 0.0728 e. The van der Waals surface area contributed by atoms with E-state index in [0.29, 0.717) is 5.92 Å². The number of nitrogens with zero attached hydrogens (tertiary/aromatic N) is 2. The first-order chi connectivity index (χ1) is 9.52. The lowest BCUT2D eigenvalue weighted by Crippen LogP contribution is -2.11. The fourth-order valence-electron chi connectivity index (χ4n) is 2.30. The highest BCUT2D eigenvalue weighted by molar-refractivity contribution is 6.33. The average Bonchev–Trinajstić information content (AvgIpc) is 2.78. The molecule has 1 N–H and O–H groups in total. The topological polar surface area (TPSA) is 29.9 Å². The summed E-state index contributed by atoms with van der Waals surface area (Å²) in [5.74, 6) is 0.378. The molecule has 3 nitrogen and oxygen atoms in total. The first-order valence-corrected chi connectivity index (χ1v) is 7.43. The van der Waals surface area contributed by atoms with Crippen molar-refractivity contribution in [1.82, 2.24) is 15.1 Å². The molecule has 0 fully saturated rings. The van der Waals surface area contributed by atoms with Gasteiger partial charge in [-0.25, -0.2) is 0 Å². The van der Waals surface area contributed by atoms with E-state index >= 15 is 0 Å². The van der Waals surface area contributed by atoms with Gasteiger partial charge in [0.15, 0.2) is 0 Å². The Kier molecular flexibility index (Phi) is 4.84. The Labute approximate surface area is 126 Å². The predicted molar refractivity (Wildman–Crippen MR) is 85.1 cm³/mol. The van der Waals surface area contributed by atoms with Crippen LogP contribution in [-0.4, -0.2) is 16.3 Å². The zero-order valence-electron chi connectivity index (χ0n) is 12.6. The van der Waals surface area contributed by atoms with Gasteiger partial charge < -0.3 is 5.32 Å². The van der Waals surface area contributed by atoms with E-state index in [-0.39, 0.29) is 0 Å². The summed E-state index contributed by atoms with van der Waals surface area (Å²) in [6.45, 7) is 8.21. The van der Waals surface area contributed by atoms with Gasteiger partial charge in [-0.2, -0.15) is 5.10 Å². The number of hydrogen-bond acceptors (Lipinski definition) is 2. The van der Waals surface area contributed by atoms with E-state index in [9.17, 15) is 0 Å². The molecule has 2 rings (SSSR count). The van der Waals surface area contributed by atoms with Gasteiger partial charge in [-0.1, -0.05) is 44.5 Å². The Balaban J connectivity index is 2.38. The minimum absolute atomic E-state index is 0.378. The van der Waals surface area contributed by atoms with Crippen molar-refractivity contribution in [2.45, 2.75) is 33.2 Å². The van der Waals surface area contributed by atoms with Crippen molar-refractivity contribution < 1.29 is 0 Å². The Morgan fingerprint density at radius 3 is 2.65 bits per heavy atom. The lowest BCUT2D eigenvalue weighted by atomic mass is 9.99. The van der Waals surface area contributed by atoms with Crippen LogP contribution >= 0.6 is 11.6 Å². The largest absolute Gasteiger partial charge is 0.313 e. The quantitative estimate of drug-likeness (QED) is 0.903. The molecule has 0 aliphatic heterocycles. The SMILES string of the molecule is CCNCc1ccc(-c2cn(C)nc2C(C)C)c(Cl)c1. The summed E-state index contributed by atoms with van der Waals surface area (Å²) in [4.78, 5) is 0. The van der Waals surface area contributed by atoms with Crippen molar-refractivity contribution in [3.63, 3.8) is 0 Å². The number of hydrogen-bond donors (Lipinski definition) is 1. The van der Waals surface area contributed by atoms with Crippen molar-refractivity contribution in [2.75, 3.05) is 6.54 Å². The minimum atomic E-state index is 0.378. The van der Waals surface area contributed by atoms with Crippen LogP contribution in [0, 0.1) is 0 Å². The van der Waals surface area contributed by atoms with Crippen LogP contribution in [0.1, 0.15) is 37.9 Å². The van der Waals surface area contributed by atoms with Gasteiger partial charge in [0, 0.05) is 35.9 Å². The molecule has 4 heteroatoms. The molecule has 0 amide bonds. The van der Waals surface area contributed by atoms with E-state index in [1.807, 2.05) is 24.0 Å². The molecular formula is C16H22ClN3. The summed E-state index contributed by atoms with van der Waals surface area (Å²) < 4.78 is 1.85. The number of aryl methyl sites for hydroxylation is 1. The fraction of sp³-hybridized carbons (Fsp3) is 0.438. The third kappa shape index (κ3) is 3.22. The highest BCUT2D eigenvalue weighted by Gasteiger charge is 2.15. The first kappa shape index (κ1) is 15.1. The monoisotopic (exact) mass is 291 g/mol. The van der Waals surface area contributed by atoms with Crippen LogP contribution in [0.3, 0.4) is 0 Å². The van der Waals surface area contributed by atoms with Gasteiger partial charge in [-0.3, -0.25) is 4.68 Å². The van der Waals surface area contributed by atoms with E-state index < -0.39 is 0 Å². The summed E-state index contributed by atoms with van der Waals surface area (Å²) in [6.07, 6.45) is 2.04. The highest BCUT2D eigenvalue weighted by atomic mass is 35.5. The van der Waals surface area contributed by atoms with E-state index in [2.05, 4.69) is 43.3 Å². The van der Waals surface area contributed by atoms with Crippen molar-refractivity contribution in [1.29, 1.82) is 0 Å². The lowest BCUT2D eigenvalue weighted by molar-refractivity contribution is 0.713. The molecule has 0 aliphatic carbocycles. The van der Waals surface area contributed by atoms with Gasteiger partial charge in [0.25, 0.3) is 0 Å². The van der Waals surface area contributed by atoms with E-state index in [1.165, 1.54) is 5.56 Å². The molecule has 1 heterocycles. The number of nitrogens with one attached hydrogen (secondary N) is 1. The number of benzene rings is 1. The number of aromatic nitrogens is 2. The molecule has 0 aliphatic rings. The molecule has 0 radical (unpaired) electrons. The number of halogens is 1. The second-order valence-electron chi connectivity index (χ2n) is 5.35. The second kappa shape index (κ2) is 6.42. The van der Waals surface area contributed by atoms with Gasteiger partial charge in [0.05, 0.1) is 5.69 Å². The molecule has 0 unspecified atom stereocenters. The second-order valence-corrected chi connectivity index (χ2v) is 5.76. The van der Waals surface area contributed by atoms with Gasteiger partial charge in [-0.15, -0.1) is 0 Å². The van der Waals surface area contributed by atoms with Gasteiger partial charge >= 0.3 is 0 Å². The van der Waals surface area contributed by atoms with Crippen molar-refractivity contribution in [3.8, 4) is 11.1 Å². The normalized spacial score (nSPS) is 11.3. The van der Waals surface area contributed by atoms with Gasteiger partial charge in [-0.05, 0) is 24.1 Å². The summed E-state index contributed by atoms with van der Waals surface area (Å²) in [7, 11) is 1.95. The molecule has 0 bridgehead atoms. The number of rotatable bonds is 5. The molecular weight excluding hydrogens is 270 g/mol. The van der Waals surface area contributed by atoms with E-state index in [1.54, 1.807) is 0 Å². The Morgan fingerprint density at radius 2 is 2.05 bits per heavy atom. The van der Waals surface area contributed by atoms with Crippen LogP contribution in [-0.2, 0) is 13.6 Å². The molecule has 0 spiro atoms. The maximum Gasteiger partial charge on any atom is 0.0728 e. The molecule has 1 aromatic heterocycles. The van der Waals surface area contributed by atoms with Crippen LogP contribution in [0.4, 0.5) is 0 Å².